The number of ether oxygens (including phenoxy) is 1. The third kappa shape index (κ3) is 3.73. The molecule has 0 saturated heterocycles. The van der Waals surface area contributed by atoms with E-state index in [4.69, 9.17) is 4.74 Å². The molecular weight excluding hydrogens is 360 g/mol. The molecule has 0 bridgehead atoms. The highest BCUT2D eigenvalue weighted by molar-refractivity contribution is 8.14. The van der Waals surface area contributed by atoms with Crippen molar-refractivity contribution < 1.29 is 9.53 Å². The highest BCUT2D eigenvalue weighted by Crippen LogP contribution is 2.26. The summed E-state index contributed by atoms with van der Waals surface area (Å²) in [5, 5.41) is 8.22. The number of aromatic nitrogens is 2. The fourth-order valence-corrected chi connectivity index (χ4v) is 3.51. The zero-order valence-electron chi connectivity index (χ0n) is 14.8. The first-order chi connectivity index (χ1) is 13.2. The molecule has 4 rings (SSSR count). The number of amides is 1. The van der Waals surface area contributed by atoms with Crippen LogP contribution in [-0.4, -0.2) is 40.3 Å². The summed E-state index contributed by atoms with van der Waals surface area (Å²) in [6.45, 7) is 0.731. The number of amidine groups is 1. The minimum absolute atomic E-state index is 0.212. The number of nitrogens with zero attached hydrogens (tertiary/aromatic N) is 3. The Morgan fingerprint density at radius 2 is 1.93 bits per heavy atom. The van der Waals surface area contributed by atoms with Crippen molar-refractivity contribution in [1.82, 2.24) is 15.1 Å². The molecule has 1 aliphatic heterocycles. The molecule has 1 aromatic heterocycles. The number of para-hydroxylation sites is 1. The van der Waals surface area contributed by atoms with Gasteiger partial charge in [-0.2, -0.15) is 5.10 Å². The molecule has 1 N–H and O–H groups in total. The van der Waals surface area contributed by atoms with Crippen molar-refractivity contribution in [3.05, 3.63) is 66.4 Å². The molecule has 2 aromatic carbocycles. The first-order valence-corrected chi connectivity index (χ1v) is 9.51. The predicted molar refractivity (Wildman–Crippen MR) is 108 cm³/mol. The highest BCUT2D eigenvalue weighted by atomic mass is 32.2. The number of aliphatic imine (C=N–C) groups is 1. The Morgan fingerprint density at radius 3 is 2.59 bits per heavy atom. The molecule has 1 amide bonds. The number of hydrogen-bond acceptors (Lipinski definition) is 5. The molecule has 0 saturated carbocycles. The lowest BCUT2D eigenvalue weighted by Gasteiger charge is -2.05. The molecular formula is C20H18N4O2S. The Labute approximate surface area is 161 Å². The molecule has 0 radical (unpaired) electrons. The summed E-state index contributed by atoms with van der Waals surface area (Å²) in [7, 11) is 1.62. The van der Waals surface area contributed by atoms with Crippen LogP contribution >= 0.6 is 11.8 Å². The highest BCUT2D eigenvalue weighted by Gasteiger charge is 2.21. The largest absolute Gasteiger partial charge is 0.497 e. The Hall–Kier alpha value is -3.06. The summed E-state index contributed by atoms with van der Waals surface area (Å²) in [4.78, 5) is 17.2. The van der Waals surface area contributed by atoms with Crippen LogP contribution in [0.15, 0.2) is 65.8 Å². The Morgan fingerprint density at radius 1 is 1.15 bits per heavy atom. The summed E-state index contributed by atoms with van der Waals surface area (Å²) < 4.78 is 6.94. The summed E-state index contributed by atoms with van der Waals surface area (Å²) in [6, 6.07) is 17.2. The van der Waals surface area contributed by atoms with Crippen molar-refractivity contribution >= 4 is 22.8 Å². The number of thioether (sulfide) groups is 1. The van der Waals surface area contributed by atoms with Crippen LogP contribution in [0, 0.1) is 0 Å². The van der Waals surface area contributed by atoms with Crippen LogP contribution in [0.3, 0.4) is 0 Å². The van der Waals surface area contributed by atoms with E-state index in [9.17, 15) is 4.79 Å². The van der Waals surface area contributed by atoms with Gasteiger partial charge in [0.1, 0.15) is 11.4 Å². The minimum atomic E-state index is -0.212. The average molecular weight is 378 g/mol. The fourth-order valence-electron chi connectivity index (χ4n) is 2.79. The number of rotatable bonds is 4. The zero-order valence-corrected chi connectivity index (χ0v) is 15.6. The van der Waals surface area contributed by atoms with Crippen molar-refractivity contribution in [3.63, 3.8) is 0 Å². The van der Waals surface area contributed by atoms with E-state index in [1.54, 1.807) is 29.8 Å². The quantitative estimate of drug-likeness (QED) is 0.756. The second kappa shape index (κ2) is 7.67. The van der Waals surface area contributed by atoms with Crippen LogP contribution < -0.4 is 10.1 Å². The van der Waals surface area contributed by atoms with Gasteiger partial charge in [-0.3, -0.25) is 9.79 Å². The van der Waals surface area contributed by atoms with E-state index >= 15 is 0 Å². The van der Waals surface area contributed by atoms with E-state index in [1.807, 2.05) is 54.6 Å². The average Bonchev–Trinajstić information content (AvgIpc) is 3.39. The maximum absolute atomic E-state index is 12.9. The van der Waals surface area contributed by atoms with Crippen LogP contribution in [0.2, 0.25) is 0 Å². The van der Waals surface area contributed by atoms with Gasteiger partial charge in [0.25, 0.3) is 5.91 Å². The standard InChI is InChI=1S/C20H18N4O2S/c1-26-16-9-7-14(8-10-16)18-17(19(25)22-20-21-11-12-27-20)13-24(23-18)15-5-3-2-4-6-15/h2-10,13H,11-12H2,1H3,(H,21,22,25). The van der Waals surface area contributed by atoms with Gasteiger partial charge >= 0.3 is 0 Å². The van der Waals surface area contributed by atoms with Gasteiger partial charge in [0.15, 0.2) is 5.17 Å². The smallest absolute Gasteiger partial charge is 0.261 e. The van der Waals surface area contributed by atoms with Crippen LogP contribution in [0.25, 0.3) is 16.9 Å². The Balaban J connectivity index is 1.74. The lowest BCUT2D eigenvalue weighted by Crippen LogP contribution is -2.27. The van der Waals surface area contributed by atoms with Gasteiger partial charge in [-0.25, -0.2) is 4.68 Å². The van der Waals surface area contributed by atoms with E-state index in [1.165, 1.54) is 0 Å². The Bertz CT molecular complexity index is 981. The topological polar surface area (TPSA) is 68.5 Å². The summed E-state index contributed by atoms with van der Waals surface area (Å²) in [6.07, 6.45) is 1.75. The molecule has 0 fully saturated rings. The molecule has 27 heavy (non-hydrogen) atoms. The normalized spacial score (nSPS) is 13.3. The van der Waals surface area contributed by atoms with Gasteiger partial charge in [-0.05, 0) is 36.4 Å². The molecule has 1 aliphatic rings. The fraction of sp³-hybridized carbons (Fsp3) is 0.150. The SMILES string of the molecule is COc1ccc(-c2nn(-c3ccccc3)cc2C(=O)NC2=NCCS2)cc1. The van der Waals surface area contributed by atoms with Gasteiger partial charge < -0.3 is 10.1 Å². The van der Waals surface area contributed by atoms with Gasteiger partial charge in [0.2, 0.25) is 0 Å². The molecule has 136 valence electrons. The molecule has 0 unspecified atom stereocenters. The van der Waals surface area contributed by atoms with E-state index in [0.29, 0.717) is 16.4 Å². The van der Waals surface area contributed by atoms with Gasteiger partial charge in [0, 0.05) is 17.5 Å². The minimum Gasteiger partial charge on any atom is -0.497 e. The van der Waals surface area contributed by atoms with E-state index in [-0.39, 0.29) is 5.91 Å². The van der Waals surface area contributed by atoms with Crippen molar-refractivity contribution in [2.45, 2.75) is 0 Å². The van der Waals surface area contributed by atoms with Gasteiger partial charge in [-0.15, -0.1) is 0 Å². The van der Waals surface area contributed by atoms with Crippen LogP contribution in [-0.2, 0) is 0 Å². The predicted octanol–water partition coefficient (Wildman–Crippen LogP) is 3.38. The van der Waals surface area contributed by atoms with Gasteiger partial charge in [0.05, 0.1) is 24.9 Å². The maximum Gasteiger partial charge on any atom is 0.261 e. The molecule has 0 atom stereocenters. The summed E-state index contributed by atoms with van der Waals surface area (Å²) >= 11 is 1.55. The molecule has 0 aliphatic carbocycles. The number of carbonyl (C=O) groups excluding carboxylic acids is 1. The Kier molecular flexibility index (Phi) is 4.93. The van der Waals surface area contributed by atoms with Crippen LogP contribution in [0.1, 0.15) is 10.4 Å². The molecule has 2 heterocycles. The summed E-state index contributed by atoms with van der Waals surface area (Å²) in [5.41, 5.74) is 2.84. The number of nitrogens with one attached hydrogen (secondary N) is 1. The van der Waals surface area contributed by atoms with Crippen LogP contribution in [0.5, 0.6) is 5.75 Å². The lowest BCUT2D eigenvalue weighted by molar-refractivity contribution is 0.0978. The van der Waals surface area contributed by atoms with Crippen molar-refractivity contribution in [1.29, 1.82) is 0 Å². The molecule has 6 nitrogen and oxygen atoms in total. The van der Waals surface area contributed by atoms with E-state index < -0.39 is 0 Å². The number of methoxy groups -OCH3 is 1. The first kappa shape index (κ1) is 17.4. The molecule has 0 spiro atoms. The van der Waals surface area contributed by atoms with Crippen molar-refractivity contribution in [3.8, 4) is 22.7 Å². The molecule has 7 heteroatoms. The third-order valence-electron chi connectivity index (χ3n) is 4.15. The van der Waals surface area contributed by atoms with Gasteiger partial charge in [-0.1, -0.05) is 30.0 Å². The zero-order chi connectivity index (χ0) is 18.6. The van der Waals surface area contributed by atoms with E-state index in [2.05, 4.69) is 15.4 Å². The monoisotopic (exact) mass is 378 g/mol. The lowest BCUT2D eigenvalue weighted by atomic mass is 10.1. The third-order valence-corrected chi connectivity index (χ3v) is 5.04. The second-order valence-electron chi connectivity index (χ2n) is 5.89. The second-order valence-corrected chi connectivity index (χ2v) is 6.97. The molecule has 3 aromatic rings. The van der Waals surface area contributed by atoms with Crippen LogP contribution in [0.4, 0.5) is 0 Å². The van der Waals surface area contributed by atoms with E-state index in [0.717, 1.165) is 29.3 Å². The number of benzene rings is 2. The maximum atomic E-state index is 12.9. The van der Waals surface area contributed by atoms with Crippen molar-refractivity contribution in [2.24, 2.45) is 4.99 Å². The number of carbonyl (C=O) groups is 1. The van der Waals surface area contributed by atoms with Crippen molar-refractivity contribution in [2.75, 3.05) is 19.4 Å². The first-order valence-electron chi connectivity index (χ1n) is 8.53. The number of hydrogen-bond donors (Lipinski definition) is 1. The summed E-state index contributed by atoms with van der Waals surface area (Å²) in [5.74, 6) is 1.43.